The summed E-state index contributed by atoms with van der Waals surface area (Å²) in [4.78, 5) is 13.2. The second kappa shape index (κ2) is 8.71. The third-order valence-corrected chi connectivity index (χ3v) is 4.86. The van der Waals surface area contributed by atoms with E-state index in [1.165, 1.54) is 12.1 Å². The third-order valence-electron chi connectivity index (χ3n) is 4.86. The van der Waals surface area contributed by atoms with Gasteiger partial charge in [-0.25, -0.2) is 4.68 Å². The summed E-state index contributed by atoms with van der Waals surface area (Å²) in [5.41, 5.74) is 3.23. The molecule has 0 radical (unpaired) electrons. The van der Waals surface area contributed by atoms with Crippen LogP contribution in [0.5, 0.6) is 0 Å². The van der Waals surface area contributed by atoms with Gasteiger partial charge in [-0.1, -0.05) is 24.3 Å². The van der Waals surface area contributed by atoms with Crippen molar-refractivity contribution in [1.29, 1.82) is 0 Å². The number of para-hydroxylation sites is 1. The highest BCUT2D eigenvalue weighted by molar-refractivity contribution is 5.91. The van der Waals surface area contributed by atoms with E-state index in [0.29, 0.717) is 6.54 Å². The maximum Gasteiger partial charge on any atom is 0.416 e. The van der Waals surface area contributed by atoms with Gasteiger partial charge in [0.05, 0.1) is 35.2 Å². The summed E-state index contributed by atoms with van der Waals surface area (Å²) in [6.07, 6.45) is -4.45. The number of halogens is 3. The van der Waals surface area contributed by atoms with Crippen LogP contribution in [0.1, 0.15) is 22.5 Å². The summed E-state index contributed by atoms with van der Waals surface area (Å²) >= 11 is 0. The summed E-state index contributed by atoms with van der Waals surface area (Å²) in [7, 11) is 1.87. The van der Waals surface area contributed by atoms with Crippen LogP contribution in [0.3, 0.4) is 0 Å². The number of likely N-dealkylation sites (N-methyl/N-ethyl adjacent to an activating group) is 1. The summed E-state index contributed by atoms with van der Waals surface area (Å²) in [6, 6.07) is 14.4. The molecule has 1 atom stereocenters. The van der Waals surface area contributed by atoms with Crippen molar-refractivity contribution >= 4 is 11.6 Å². The maximum absolute atomic E-state index is 12.8. The fourth-order valence-electron chi connectivity index (χ4n) is 3.37. The fourth-order valence-corrected chi connectivity index (χ4v) is 3.37. The van der Waals surface area contributed by atoms with E-state index in [-0.39, 0.29) is 18.1 Å². The van der Waals surface area contributed by atoms with Gasteiger partial charge in [-0.05, 0) is 44.2 Å². The topological polar surface area (TPSA) is 51.4 Å². The number of nitrogens with one attached hydrogen (secondary N) is 2. The number of aryl methyl sites for hydroxylation is 1. The minimum absolute atomic E-state index is 0.117. The molecule has 158 valence electrons. The highest BCUT2D eigenvalue weighted by Crippen LogP contribution is 2.30. The van der Waals surface area contributed by atoms with Crippen LogP contribution in [0.4, 0.5) is 18.9 Å². The summed E-state index contributed by atoms with van der Waals surface area (Å²) < 4.78 is 40.4. The van der Waals surface area contributed by atoms with Crippen molar-refractivity contribution in [3.8, 4) is 5.69 Å². The first-order valence-electron chi connectivity index (χ1n) is 9.54. The number of rotatable bonds is 6. The number of aromatic nitrogens is 2. The molecule has 0 aliphatic rings. The molecule has 0 spiro atoms. The number of hydrogen-bond donors (Lipinski definition) is 2. The Morgan fingerprint density at radius 3 is 2.47 bits per heavy atom. The zero-order chi connectivity index (χ0) is 21.9. The van der Waals surface area contributed by atoms with Gasteiger partial charge in [0.1, 0.15) is 6.54 Å². The number of nitrogens with zero attached hydrogens (tertiary/aromatic N) is 2. The van der Waals surface area contributed by atoms with Crippen LogP contribution in [-0.2, 0) is 17.5 Å². The average molecular weight is 417 g/mol. The van der Waals surface area contributed by atoms with E-state index in [9.17, 15) is 18.0 Å². The van der Waals surface area contributed by atoms with Gasteiger partial charge in [0.15, 0.2) is 6.54 Å². The molecule has 1 unspecified atom stereocenters. The van der Waals surface area contributed by atoms with E-state index >= 15 is 0 Å². The van der Waals surface area contributed by atoms with Crippen LogP contribution in [0.2, 0.25) is 0 Å². The fraction of sp³-hybridized carbons (Fsp3) is 0.273. The lowest BCUT2D eigenvalue weighted by atomic mass is 10.2. The highest BCUT2D eigenvalue weighted by Gasteiger charge is 2.30. The lowest BCUT2D eigenvalue weighted by molar-refractivity contribution is -0.885. The van der Waals surface area contributed by atoms with Gasteiger partial charge >= 0.3 is 6.18 Å². The molecule has 0 bridgehead atoms. The molecule has 0 fully saturated rings. The molecule has 8 heteroatoms. The minimum atomic E-state index is -4.45. The molecule has 1 heterocycles. The minimum Gasteiger partial charge on any atom is -0.326 e. The molecule has 30 heavy (non-hydrogen) atoms. The quantitative estimate of drug-likeness (QED) is 0.648. The molecular formula is C22H24F3N4O+. The largest absolute Gasteiger partial charge is 0.416 e. The lowest BCUT2D eigenvalue weighted by Gasteiger charge is -2.15. The third kappa shape index (κ3) is 5.07. The molecule has 2 N–H and O–H groups in total. The normalized spacial score (nSPS) is 12.6. The summed E-state index contributed by atoms with van der Waals surface area (Å²) in [5, 5.41) is 7.16. The number of carbonyl (C=O) groups is 1. The monoisotopic (exact) mass is 417 g/mol. The van der Waals surface area contributed by atoms with Crippen molar-refractivity contribution in [1.82, 2.24) is 9.78 Å². The van der Waals surface area contributed by atoms with Crippen molar-refractivity contribution in [2.24, 2.45) is 0 Å². The molecule has 0 aliphatic carbocycles. The number of anilines is 1. The van der Waals surface area contributed by atoms with Gasteiger partial charge in [-0.3, -0.25) is 4.79 Å². The molecule has 2 aromatic carbocycles. The van der Waals surface area contributed by atoms with E-state index in [2.05, 4.69) is 10.4 Å². The van der Waals surface area contributed by atoms with E-state index in [0.717, 1.165) is 39.7 Å². The molecule has 3 aromatic rings. The predicted molar refractivity (Wildman–Crippen MR) is 109 cm³/mol. The molecule has 3 rings (SSSR count). The standard InChI is InChI=1S/C22H23F3N4O/c1-15-20(16(2)29(27-15)19-10-5-4-6-11-19)13-28(3)14-21(30)26-18-9-7-8-17(12-18)22(23,24)25/h4-12H,13-14H2,1-3H3,(H,26,30)/p+1. The zero-order valence-corrected chi connectivity index (χ0v) is 17.0. The van der Waals surface area contributed by atoms with Crippen LogP contribution in [0.25, 0.3) is 5.69 Å². The van der Waals surface area contributed by atoms with E-state index in [1.807, 2.05) is 55.9 Å². The van der Waals surface area contributed by atoms with Gasteiger partial charge in [-0.2, -0.15) is 18.3 Å². The van der Waals surface area contributed by atoms with Gasteiger partial charge < -0.3 is 10.2 Å². The van der Waals surface area contributed by atoms with E-state index in [1.54, 1.807) is 0 Å². The zero-order valence-electron chi connectivity index (χ0n) is 17.0. The number of quaternary nitrogens is 1. The first-order valence-corrected chi connectivity index (χ1v) is 9.54. The van der Waals surface area contributed by atoms with Gasteiger partial charge in [0, 0.05) is 5.69 Å². The number of carbonyl (C=O) groups excluding carboxylic acids is 1. The van der Waals surface area contributed by atoms with Crippen molar-refractivity contribution < 1.29 is 22.9 Å². The van der Waals surface area contributed by atoms with Crippen LogP contribution in [0, 0.1) is 13.8 Å². The SMILES string of the molecule is Cc1nn(-c2ccccc2)c(C)c1C[NH+](C)CC(=O)Nc1cccc(C(F)(F)F)c1. The summed E-state index contributed by atoms with van der Waals surface area (Å²) in [5.74, 6) is -0.349. The van der Waals surface area contributed by atoms with Gasteiger partial charge in [0.25, 0.3) is 5.91 Å². The summed E-state index contributed by atoms with van der Waals surface area (Å²) in [6.45, 7) is 4.60. The van der Waals surface area contributed by atoms with Gasteiger partial charge in [-0.15, -0.1) is 0 Å². The molecular weight excluding hydrogens is 393 g/mol. The molecule has 0 saturated heterocycles. The Labute approximate surface area is 173 Å². The Hall–Kier alpha value is -3.13. The number of amides is 1. The van der Waals surface area contributed by atoms with Crippen LogP contribution < -0.4 is 10.2 Å². The van der Waals surface area contributed by atoms with Crippen LogP contribution >= 0.6 is 0 Å². The molecule has 5 nitrogen and oxygen atoms in total. The van der Waals surface area contributed by atoms with Gasteiger partial charge in [0.2, 0.25) is 0 Å². The van der Waals surface area contributed by atoms with Crippen molar-refractivity contribution in [3.05, 3.63) is 77.1 Å². The van der Waals surface area contributed by atoms with Crippen molar-refractivity contribution in [2.75, 3.05) is 18.9 Å². The molecule has 1 amide bonds. The average Bonchev–Trinajstić information content (AvgIpc) is 2.96. The molecule has 0 saturated carbocycles. The number of benzene rings is 2. The van der Waals surface area contributed by atoms with Crippen molar-refractivity contribution in [3.63, 3.8) is 0 Å². The smallest absolute Gasteiger partial charge is 0.326 e. The maximum atomic E-state index is 12.8. The Morgan fingerprint density at radius 1 is 1.10 bits per heavy atom. The Balaban J connectivity index is 1.66. The Morgan fingerprint density at radius 2 is 1.80 bits per heavy atom. The lowest BCUT2D eigenvalue weighted by Crippen LogP contribution is -3.08. The first kappa shape index (κ1) is 21.6. The second-order valence-electron chi connectivity index (χ2n) is 7.33. The predicted octanol–water partition coefficient (Wildman–Crippen LogP) is 3.16. The second-order valence-corrected chi connectivity index (χ2v) is 7.33. The van der Waals surface area contributed by atoms with Crippen LogP contribution in [0.15, 0.2) is 54.6 Å². The van der Waals surface area contributed by atoms with E-state index in [4.69, 9.17) is 0 Å². The highest BCUT2D eigenvalue weighted by atomic mass is 19.4. The molecule has 0 aliphatic heterocycles. The number of alkyl halides is 3. The Bertz CT molecular complexity index is 1030. The Kier molecular flexibility index (Phi) is 6.26. The van der Waals surface area contributed by atoms with E-state index < -0.39 is 11.7 Å². The first-order chi connectivity index (χ1) is 14.1. The van der Waals surface area contributed by atoms with Crippen LogP contribution in [-0.4, -0.2) is 29.3 Å². The molecule has 1 aromatic heterocycles. The number of hydrogen-bond acceptors (Lipinski definition) is 2. The van der Waals surface area contributed by atoms with Crippen molar-refractivity contribution in [2.45, 2.75) is 26.6 Å².